The van der Waals surface area contributed by atoms with E-state index in [0.29, 0.717) is 0 Å². The number of nitrogens with zero attached hydrogens (tertiary/aromatic N) is 2. The highest BCUT2D eigenvalue weighted by Gasteiger charge is 2.72. The monoisotopic (exact) mass is 269 g/mol. The van der Waals surface area contributed by atoms with E-state index in [0.717, 1.165) is 10.6 Å². The van der Waals surface area contributed by atoms with Crippen LogP contribution in [0, 0.1) is 22.0 Å². The highest BCUT2D eigenvalue weighted by molar-refractivity contribution is 5.10. The highest BCUT2D eigenvalue weighted by Crippen LogP contribution is 2.57. The molecule has 102 valence electrons. The van der Waals surface area contributed by atoms with Crippen molar-refractivity contribution in [3.05, 3.63) is 43.2 Å². The van der Waals surface area contributed by atoms with Crippen LogP contribution in [0.25, 0.3) is 0 Å². The summed E-state index contributed by atoms with van der Waals surface area (Å²) in [6, 6.07) is 0.338. The van der Waals surface area contributed by atoms with E-state index >= 15 is 0 Å². The van der Waals surface area contributed by atoms with Gasteiger partial charge in [-0.1, -0.05) is 0 Å². The Labute approximate surface area is 105 Å². The van der Waals surface area contributed by atoms with Crippen molar-refractivity contribution in [1.82, 2.24) is 9.55 Å². The Hall–Kier alpha value is -2.00. The molecule has 9 heteroatoms. The van der Waals surface area contributed by atoms with Crippen molar-refractivity contribution in [3.63, 3.8) is 0 Å². The molecule has 0 radical (unpaired) electrons. The molecule has 9 nitrogen and oxygen atoms in total. The number of H-pyrrole nitrogens is 1. The first-order chi connectivity index (χ1) is 9.04. The van der Waals surface area contributed by atoms with Crippen molar-refractivity contribution in [2.24, 2.45) is 11.8 Å². The molecule has 1 aromatic heterocycles. The number of hydrogen-bond donors (Lipinski definition) is 2. The maximum Gasteiger partial charge on any atom is 0.330 e. The third-order valence-corrected chi connectivity index (χ3v) is 3.71. The minimum absolute atomic E-state index is 0.333. The van der Waals surface area contributed by atoms with Crippen LogP contribution in [0.15, 0.2) is 21.9 Å². The van der Waals surface area contributed by atoms with Gasteiger partial charge in [0, 0.05) is 17.2 Å². The minimum atomic E-state index is -0.818. The van der Waals surface area contributed by atoms with E-state index in [9.17, 15) is 19.7 Å². The van der Waals surface area contributed by atoms with E-state index in [-0.39, 0.29) is 12.5 Å². The molecule has 2 aliphatic rings. The molecule has 1 saturated carbocycles. The highest BCUT2D eigenvalue weighted by atomic mass is 16.6. The molecule has 19 heavy (non-hydrogen) atoms. The fraction of sp³-hybridized carbons (Fsp3) is 0.600. The number of nitrogens with one attached hydrogen (secondary N) is 1. The summed E-state index contributed by atoms with van der Waals surface area (Å²) in [7, 11) is 0. The third-order valence-electron chi connectivity index (χ3n) is 3.71. The first-order valence-electron chi connectivity index (χ1n) is 5.76. The number of aromatic nitrogens is 2. The Morgan fingerprint density at radius 2 is 2.21 bits per heavy atom. The zero-order valence-electron chi connectivity index (χ0n) is 9.63. The smallest absolute Gasteiger partial charge is 0.330 e. The van der Waals surface area contributed by atoms with Gasteiger partial charge in [0.2, 0.25) is 6.04 Å². The number of fused-ring (bicyclic) bond motifs is 1. The molecule has 2 N–H and O–H groups in total. The SMILES string of the molecule is O=c1ccn([C@@H]2O[C@H](CO)[C@@H]3C([N+](=O)[O-])[C@@H]32)c(=O)[nH]1. The Balaban J connectivity index is 1.96. The Morgan fingerprint density at radius 3 is 2.79 bits per heavy atom. The topological polar surface area (TPSA) is 127 Å². The Bertz CT molecular complexity index is 637. The van der Waals surface area contributed by atoms with Gasteiger partial charge < -0.3 is 9.84 Å². The lowest BCUT2D eigenvalue weighted by Gasteiger charge is -2.19. The lowest BCUT2D eigenvalue weighted by atomic mass is 10.2. The van der Waals surface area contributed by atoms with Crippen LogP contribution < -0.4 is 11.2 Å². The zero-order valence-corrected chi connectivity index (χ0v) is 9.63. The quantitative estimate of drug-likeness (QED) is 0.498. The molecule has 0 bridgehead atoms. The van der Waals surface area contributed by atoms with Crippen LogP contribution in [0.4, 0.5) is 0 Å². The van der Waals surface area contributed by atoms with Gasteiger partial charge in [0.1, 0.15) is 6.23 Å². The number of aliphatic hydroxyl groups is 1. The molecule has 0 aromatic carbocycles. The van der Waals surface area contributed by atoms with Crippen LogP contribution >= 0.6 is 0 Å². The standard InChI is InChI=1S/C10H11N3O6/c14-3-4-6-7(8(6)13(17)18)9(19-4)12-2-1-5(15)11-10(12)16/h1-2,4,6-9,14H,3H2,(H,11,15,16)/t4-,6+,7-,8?,9-/m1/s1. The van der Waals surface area contributed by atoms with Crippen LogP contribution in [-0.4, -0.2) is 38.3 Å². The number of hydrogen-bond acceptors (Lipinski definition) is 6. The van der Waals surface area contributed by atoms with E-state index in [1.807, 2.05) is 0 Å². The average Bonchev–Trinajstić information content (AvgIpc) is 2.98. The van der Waals surface area contributed by atoms with Crippen LogP contribution in [0.1, 0.15) is 6.23 Å². The third kappa shape index (κ3) is 1.70. The fourth-order valence-corrected chi connectivity index (χ4v) is 2.85. The molecule has 0 amide bonds. The molecule has 1 unspecified atom stereocenters. The zero-order chi connectivity index (χ0) is 13.7. The van der Waals surface area contributed by atoms with Gasteiger partial charge in [0.25, 0.3) is 5.56 Å². The predicted octanol–water partition coefficient (Wildman–Crippen LogP) is -1.68. The number of rotatable bonds is 3. The van der Waals surface area contributed by atoms with Crippen LogP contribution in [-0.2, 0) is 4.74 Å². The molecule has 1 saturated heterocycles. The molecule has 0 spiro atoms. The number of aromatic amines is 1. The summed E-state index contributed by atoms with van der Waals surface area (Å²) in [6.07, 6.45) is -0.219. The Morgan fingerprint density at radius 1 is 1.47 bits per heavy atom. The van der Waals surface area contributed by atoms with Gasteiger partial charge in [-0.05, 0) is 0 Å². The fourth-order valence-electron chi connectivity index (χ4n) is 2.85. The van der Waals surface area contributed by atoms with Crippen LogP contribution in [0.3, 0.4) is 0 Å². The lowest BCUT2D eigenvalue weighted by molar-refractivity contribution is -0.507. The predicted molar refractivity (Wildman–Crippen MR) is 60.1 cm³/mol. The van der Waals surface area contributed by atoms with Crippen molar-refractivity contribution in [1.29, 1.82) is 0 Å². The van der Waals surface area contributed by atoms with Crippen molar-refractivity contribution < 1.29 is 14.8 Å². The normalized spacial score (nSPS) is 35.9. The summed E-state index contributed by atoms with van der Waals surface area (Å²) >= 11 is 0. The van der Waals surface area contributed by atoms with Gasteiger partial charge in [0.15, 0.2) is 0 Å². The summed E-state index contributed by atoms with van der Waals surface area (Å²) in [5.74, 6) is -0.834. The molecule has 1 aromatic rings. The Kier molecular flexibility index (Phi) is 2.54. The van der Waals surface area contributed by atoms with Crippen LogP contribution in [0.5, 0.6) is 0 Å². The maximum absolute atomic E-state index is 11.7. The van der Waals surface area contributed by atoms with E-state index < -0.39 is 40.5 Å². The molecule has 1 aliphatic carbocycles. The van der Waals surface area contributed by atoms with Gasteiger partial charge in [-0.25, -0.2) is 4.79 Å². The number of nitro groups is 1. The summed E-state index contributed by atoms with van der Waals surface area (Å²) < 4.78 is 6.57. The largest absolute Gasteiger partial charge is 0.394 e. The summed E-state index contributed by atoms with van der Waals surface area (Å²) in [5, 5.41) is 20.0. The second-order valence-electron chi connectivity index (χ2n) is 4.70. The van der Waals surface area contributed by atoms with Crippen LogP contribution in [0.2, 0.25) is 0 Å². The van der Waals surface area contributed by atoms with Gasteiger partial charge in [-0.3, -0.25) is 24.5 Å². The van der Waals surface area contributed by atoms with Gasteiger partial charge in [0.05, 0.1) is 24.5 Å². The van der Waals surface area contributed by atoms with Gasteiger partial charge in [-0.15, -0.1) is 0 Å². The summed E-state index contributed by atoms with van der Waals surface area (Å²) in [6.45, 7) is -0.333. The first-order valence-corrected chi connectivity index (χ1v) is 5.76. The molecular weight excluding hydrogens is 258 g/mol. The van der Waals surface area contributed by atoms with Gasteiger partial charge in [-0.2, -0.15) is 0 Å². The maximum atomic E-state index is 11.7. The average molecular weight is 269 g/mol. The second-order valence-corrected chi connectivity index (χ2v) is 4.70. The van der Waals surface area contributed by atoms with Crippen molar-refractivity contribution >= 4 is 0 Å². The summed E-state index contributed by atoms with van der Waals surface area (Å²) in [4.78, 5) is 35.2. The minimum Gasteiger partial charge on any atom is -0.394 e. The van der Waals surface area contributed by atoms with Crippen molar-refractivity contribution in [2.45, 2.75) is 18.4 Å². The second kappa shape index (κ2) is 4.00. The summed E-state index contributed by atoms with van der Waals surface area (Å²) in [5.41, 5.74) is -1.22. The first kappa shape index (κ1) is 12.1. The number of aliphatic hydroxyl groups excluding tert-OH is 1. The van der Waals surface area contributed by atoms with E-state index in [4.69, 9.17) is 9.84 Å². The molecule has 2 fully saturated rings. The molecule has 2 heterocycles. The molecule has 3 rings (SSSR count). The number of ether oxygens (including phenoxy) is 1. The van der Waals surface area contributed by atoms with Crippen molar-refractivity contribution in [3.8, 4) is 0 Å². The van der Waals surface area contributed by atoms with E-state index in [2.05, 4.69) is 4.98 Å². The molecular formula is C10H11N3O6. The van der Waals surface area contributed by atoms with E-state index in [1.165, 1.54) is 6.20 Å². The van der Waals surface area contributed by atoms with Gasteiger partial charge >= 0.3 is 5.69 Å². The van der Waals surface area contributed by atoms with Crippen molar-refractivity contribution in [2.75, 3.05) is 6.61 Å². The molecule has 1 aliphatic heterocycles. The van der Waals surface area contributed by atoms with E-state index in [1.54, 1.807) is 0 Å². The lowest BCUT2D eigenvalue weighted by Crippen LogP contribution is -2.35. The molecule has 5 atom stereocenters.